The summed E-state index contributed by atoms with van der Waals surface area (Å²) >= 11 is 0. The summed E-state index contributed by atoms with van der Waals surface area (Å²) in [6.45, 7) is 1.24. The Kier molecular flexibility index (Phi) is 5.04. The molecule has 3 heterocycles. The summed E-state index contributed by atoms with van der Waals surface area (Å²) in [5.41, 5.74) is 5.97. The Labute approximate surface area is 164 Å². The number of aromatic nitrogens is 2. The molecule has 12 heteroatoms. The molecule has 0 bridgehead atoms. The van der Waals surface area contributed by atoms with Crippen LogP contribution in [0.2, 0.25) is 0 Å². The highest BCUT2D eigenvalue weighted by Crippen LogP contribution is 2.60. The number of halogens is 2. The van der Waals surface area contributed by atoms with Crippen molar-refractivity contribution >= 4 is 13.6 Å². The van der Waals surface area contributed by atoms with Crippen LogP contribution in [0.25, 0.3) is 0 Å². The quantitative estimate of drug-likeness (QED) is 0.737. The third-order valence-electron chi connectivity index (χ3n) is 4.73. The zero-order chi connectivity index (χ0) is 20.8. The second-order valence-electron chi connectivity index (χ2n) is 6.71. The van der Waals surface area contributed by atoms with E-state index in [1.54, 1.807) is 12.1 Å². The minimum absolute atomic E-state index is 0.112. The van der Waals surface area contributed by atoms with Gasteiger partial charge in [0.25, 0.3) is 0 Å². The maximum Gasteiger partial charge on any atom is 0.475 e. The van der Waals surface area contributed by atoms with Crippen molar-refractivity contribution in [3.05, 3.63) is 58.1 Å². The van der Waals surface area contributed by atoms with Crippen molar-refractivity contribution < 1.29 is 31.7 Å². The Morgan fingerprint density at radius 1 is 1.38 bits per heavy atom. The molecule has 1 aromatic heterocycles. The first-order valence-corrected chi connectivity index (χ1v) is 10.2. The number of phosphoric ester groups is 1. The molecule has 2 aliphatic rings. The zero-order valence-electron chi connectivity index (χ0n) is 15.2. The molecule has 2 unspecified atom stereocenters. The van der Waals surface area contributed by atoms with Gasteiger partial charge >= 0.3 is 19.4 Å². The van der Waals surface area contributed by atoms with Gasteiger partial charge in [-0.15, -0.1) is 0 Å². The Balaban J connectivity index is 1.53. The first kappa shape index (κ1) is 20.1. The SMILES string of the molecule is Cc1ccccc1COP1(=O)OCC2O[C@@H](n3ccc(N)nc3=O)C(F)(F)[C@@H]2O1. The van der Waals surface area contributed by atoms with E-state index in [9.17, 15) is 18.1 Å². The predicted molar refractivity (Wildman–Crippen MR) is 96.2 cm³/mol. The van der Waals surface area contributed by atoms with Crippen molar-refractivity contribution in [1.29, 1.82) is 0 Å². The molecule has 4 atom stereocenters. The topological polar surface area (TPSA) is 115 Å². The Bertz CT molecular complexity index is 1030. The van der Waals surface area contributed by atoms with E-state index < -0.39 is 44.5 Å². The zero-order valence-corrected chi connectivity index (χ0v) is 16.1. The summed E-state index contributed by atoms with van der Waals surface area (Å²) in [5, 5.41) is 0. The van der Waals surface area contributed by atoms with Gasteiger partial charge in [-0.1, -0.05) is 24.3 Å². The van der Waals surface area contributed by atoms with Crippen molar-refractivity contribution in [3.63, 3.8) is 0 Å². The average Bonchev–Trinajstić information content (AvgIpc) is 2.92. The third kappa shape index (κ3) is 3.72. The Morgan fingerprint density at radius 3 is 2.86 bits per heavy atom. The van der Waals surface area contributed by atoms with Crippen LogP contribution >= 0.6 is 7.82 Å². The van der Waals surface area contributed by atoms with Gasteiger partial charge in [0.05, 0.1) is 13.2 Å². The number of benzene rings is 1. The minimum atomic E-state index is -4.27. The van der Waals surface area contributed by atoms with Crippen LogP contribution in [0, 0.1) is 6.92 Å². The smallest absolute Gasteiger partial charge is 0.383 e. The molecule has 0 radical (unpaired) electrons. The number of fused-ring (bicyclic) bond motifs is 1. The number of anilines is 1. The van der Waals surface area contributed by atoms with E-state index in [-0.39, 0.29) is 12.4 Å². The number of ether oxygens (including phenoxy) is 1. The molecule has 2 saturated heterocycles. The monoisotopic (exact) mass is 429 g/mol. The van der Waals surface area contributed by atoms with E-state index in [0.29, 0.717) is 10.1 Å². The molecule has 0 saturated carbocycles. The van der Waals surface area contributed by atoms with Crippen molar-refractivity contribution in [2.75, 3.05) is 12.3 Å². The summed E-state index contributed by atoms with van der Waals surface area (Å²) in [6, 6.07) is 8.36. The highest BCUT2D eigenvalue weighted by atomic mass is 31.2. The Morgan fingerprint density at radius 2 is 2.14 bits per heavy atom. The maximum atomic E-state index is 15.0. The molecule has 4 rings (SSSR count). The molecule has 2 fully saturated rings. The molecule has 9 nitrogen and oxygen atoms in total. The molecule has 29 heavy (non-hydrogen) atoms. The molecule has 2 aliphatic heterocycles. The second-order valence-corrected chi connectivity index (χ2v) is 8.33. The largest absolute Gasteiger partial charge is 0.475 e. The summed E-state index contributed by atoms with van der Waals surface area (Å²) in [7, 11) is -4.27. The van der Waals surface area contributed by atoms with Crippen LogP contribution in [-0.2, 0) is 29.5 Å². The van der Waals surface area contributed by atoms with Gasteiger partial charge in [0, 0.05) is 6.20 Å². The predicted octanol–water partition coefficient (Wildman–Crippen LogP) is 2.41. The van der Waals surface area contributed by atoms with Crippen LogP contribution in [-0.4, -0.2) is 34.3 Å². The fourth-order valence-corrected chi connectivity index (χ4v) is 4.54. The van der Waals surface area contributed by atoms with Gasteiger partial charge in [-0.25, -0.2) is 9.36 Å². The molecule has 0 aliphatic carbocycles. The highest BCUT2D eigenvalue weighted by Gasteiger charge is 2.65. The molecule has 0 spiro atoms. The van der Waals surface area contributed by atoms with E-state index >= 15 is 0 Å². The third-order valence-corrected chi connectivity index (χ3v) is 6.13. The number of nitrogens with two attached hydrogens (primary N) is 1. The number of rotatable bonds is 4. The lowest BCUT2D eigenvalue weighted by molar-refractivity contribution is -0.138. The lowest BCUT2D eigenvalue weighted by Crippen LogP contribution is -2.45. The first-order valence-electron chi connectivity index (χ1n) is 8.69. The summed E-state index contributed by atoms with van der Waals surface area (Å²) in [4.78, 5) is 15.4. The van der Waals surface area contributed by atoms with Crippen LogP contribution in [0.3, 0.4) is 0 Å². The van der Waals surface area contributed by atoms with Gasteiger partial charge in [-0.3, -0.25) is 18.1 Å². The fraction of sp³-hybridized carbons (Fsp3) is 0.412. The van der Waals surface area contributed by atoms with Crippen LogP contribution < -0.4 is 11.4 Å². The lowest BCUT2D eigenvalue weighted by atomic mass is 10.1. The number of hydrogen-bond acceptors (Lipinski definition) is 8. The molecule has 1 aromatic carbocycles. The van der Waals surface area contributed by atoms with Gasteiger partial charge in [-0.05, 0) is 24.1 Å². The highest BCUT2D eigenvalue weighted by molar-refractivity contribution is 7.48. The lowest BCUT2D eigenvalue weighted by Gasteiger charge is -2.31. The number of nitrogen functional groups attached to an aromatic ring is 1. The number of hydrogen-bond donors (Lipinski definition) is 1. The standard InChI is InChI=1S/C17H18F2N3O6P/c1-10-4-2-3-5-11(10)8-25-29(24)26-9-12-14(28-29)17(18,19)15(27-12)22-7-6-13(20)21-16(22)23/h2-7,12,14-15H,8-9H2,1H3,(H2,20,21,23)/t12?,14-,15-,29?/m1/s1. The van der Waals surface area contributed by atoms with E-state index in [0.717, 1.165) is 11.8 Å². The van der Waals surface area contributed by atoms with Crippen molar-refractivity contribution in [3.8, 4) is 0 Å². The van der Waals surface area contributed by atoms with Crippen LogP contribution in [0.1, 0.15) is 17.4 Å². The van der Waals surface area contributed by atoms with Crippen molar-refractivity contribution in [2.45, 2.75) is 37.9 Å². The van der Waals surface area contributed by atoms with Crippen LogP contribution in [0.5, 0.6) is 0 Å². The van der Waals surface area contributed by atoms with Gasteiger partial charge in [0.1, 0.15) is 11.9 Å². The fourth-order valence-electron chi connectivity index (χ4n) is 3.16. The number of aryl methyl sites for hydroxylation is 1. The van der Waals surface area contributed by atoms with Crippen LogP contribution in [0.4, 0.5) is 14.6 Å². The molecular weight excluding hydrogens is 411 g/mol. The summed E-state index contributed by atoms with van der Waals surface area (Å²) in [5.74, 6) is -3.81. The van der Waals surface area contributed by atoms with Crippen molar-refractivity contribution in [1.82, 2.24) is 9.55 Å². The van der Waals surface area contributed by atoms with E-state index in [1.165, 1.54) is 6.07 Å². The molecule has 156 valence electrons. The van der Waals surface area contributed by atoms with Gasteiger partial charge < -0.3 is 10.5 Å². The van der Waals surface area contributed by atoms with Crippen LogP contribution in [0.15, 0.2) is 41.3 Å². The first-order chi connectivity index (χ1) is 13.7. The van der Waals surface area contributed by atoms with Gasteiger partial charge in [-0.2, -0.15) is 13.8 Å². The van der Waals surface area contributed by atoms with E-state index in [2.05, 4.69) is 4.98 Å². The maximum absolute atomic E-state index is 15.0. The normalized spacial score (nSPS) is 30.8. The average molecular weight is 429 g/mol. The van der Waals surface area contributed by atoms with E-state index in [1.807, 2.05) is 19.1 Å². The van der Waals surface area contributed by atoms with Crippen molar-refractivity contribution in [2.24, 2.45) is 0 Å². The van der Waals surface area contributed by atoms with Gasteiger partial charge in [0.15, 0.2) is 6.10 Å². The minimum Gasteiger partial charge on any atom is -0.383 e. The molecule has 2 N–H and O–H groups in total. The molecule has 2 aromatic rings. The second kappa shape index (κ2) is 7.26. The molecule has 0 amide bonds. The number of nitrogens with zero attached hydrogens (tertiary/aromatic N) is 2. The van der Waals surface area contributed by atoms with Gasteiger partial charge in [0.2, 0.25) is 6.23 Å². The Hall–Kier alpha value is -2.17. The van der Waals surface area contributed by atoms with E-state index in [4.69, 9.17) is 24.0 Å². The number of alkyl halides is 2. The molecular formula is C17H18F2N3O6P. The summed E-state index contributed by atoms with van der Waals surface area (Å²) < 4.78 is 64.0. The summed E-state index contributed by atoms with van der Waals surface area (Å²) in [6.07, 6.45) is -4.13. The number of phosphoric acid groups is 1.